The van der Waals surface area contributed by atoms with Crippen molar-refractivity contribution in [3.63, 3.8) is 0 Å². The van der Waals surface area contributed by atoms with Crippen molar-refractivity contribution in [3.05, 3.63) is 34.7 Å². The van der Waals surface area contributed by atoms with Gasteiger partial charge in [-0.2, -0.15) is 0 Å². The normalized spacial score (nSPS) is 26.4. The maximum Gasteiger partial charge on any atom is 0.204 e. The van der Waals surface area contributed by atoms with Crippen LogP contribution in [0.5, 0.6) is 0 Å². The zero-order valence-corrected chi connectivity index (χ0v) is 10.3. The predicted octanol–water partition coefficient (Wildman–Crippen LogP) is 1.96. The Morgan fingerprint density at radius 3 is 2.71 bits per heavy atom. The Kier molecular flexibility index (Phi) is 2.56. The predicted molar refractivity (Wildman–Crippen MR) is 67.2 cm³/mol. The third-order valence-corrected chi connectivity index (χ3v) is 5.44. The molecule has 2 heterocycles. The number of fused-ring (bicyclic) bond motifs is 1. The van der Waals surface area contributed by atoms with Gasteiger partial charge in [-0.05, 0) is 37.1 Å². The molecule has 3 nitrogen and oxygen atoms in total. The SMILES string of the molecule is O=S1(=O)C(C2CCCCN2)=Cc2ccccc21. The smallest absolute Gasteiger partial charge is 0.204 e. The molecule has 4 heteroatoms. The van der Waals surface area contributed by atoms with Crippen molar-refractivity contribution >= 4 is 15.9 Å². The molecule has 0 radical (unpaired) electrons. The monoisotopic (exact) mass is 249 g/mol. The molecule has 90 valence electrons. The average molecular weight is 249 g/mol. The Bertz CT molecular complexity index is 569. The van der Waals surface area contributed by atoms with Crippen LogP contribution >= 0.6 is 0 Å². The van der Waals surface area contributed by atoms with Crippen LogP contribution in [-0.4, -0.2) is 21.0 Å². The first kappa shape index (κ1) is 11.0. The quantitative estimate of drug-likeness (QED) is 0.827. The lowest BCUT2D eigenvalue weighted by Crippen LogP contribution is -2.37. The molecule has 1 atom stereocenters. The van der Waals surface area contributed by atoms with Crippen molar-refractivity contribution in [1.29, 1.82) is 0 Å². The summed E-state index contributed by atoms with van der Waals surface area (Å²) in [7, 11) is -3.25. The summed E-state index contributed by atoms with van der Waals surface area (Å²) in [6.07, 6.45) is 4.98. The summed E-state index contributed by atoms with van der Waals surface area (Å²) in [6.45, 7) is 0.911. The molecule has 3 rings (SSSR count). The van der Waals surface area contributed by atoms with Crippen LogP contribution in [0.4, 0.5) is 0 Å². The maximum atomic E-state index is 12.4. The molecule has 1 N–H and O–H groups in total. The molecule has 0 bridgehead atoms. The first-order valence-electron chi connectivity index (χ1n) is 5.99. The summed E-state index contributed by atoms with van der Waals surface area (Å²) in [5.41, 5.74) is 0.829. The van der Waals surface area contributed by atoms with Gasteiger partial charge in [0, 0.05) is 6.04 Å². The minimum atomic E-state index is -3.25. The zero-order valence-electron chi connectivity index (χ0n) is 9.52. The van der Waals surface area contributed by atoms with E-state index in [1.54, 1.807) is 12.1 Å². The van der Waals surface area contributed by atoms with Gasteiger partial charge in [0.15, 0.2) is 0 Å². The van der Waals surface area contributed by atoms with Gasteiger partial charge in [0.2, 0.25) is 9.84 Å². The lowest BCUT2D eigenvalue weighted by Gasteiger charge is -2.24. The van der Waals surface area contributed by atoms with Gasteiger partial charge in [0.1, 0.15) is 0 Å². The van der Waals surface area contributed by atoms with Crippen LogP contribution in [0, 0.1) is 0 Å². The van der Waals surface area contributed by atoms with E-state index in [9.17, 15) is 8.42 Å². The van der Waals surface area contributed by atoms with Crippen LogP contribution in [0.15, 0.2) is 34.1 Å². The molecule has 17 heavy (non-hydrogen) atoms. The minimum Gasteiger partial charge on any atom is -0.309 e. The third kappa shape index (κ3) is 1.72. The number of rotatable bonds is 1. The molecule has 2 aliphatic rings. The number of benzene rings is 1. The van der Waals surface area contributed by atoms with Crippen molar-refractivity contribution in [2.75, 3.05) is 6.54 Å². The second-order valence-electron chi connectivity index (χ2n) is 4.59. The summed E-state index contributed by atoms with van der Waals surface area (Å²) >= 11 is 0. The molecule has 0 aromatic heterocycles. The molecule has 1 fully saturated rings. The Morgan fingerprint density at radius 1 is 1.18 bits per heavy atom. The Labute approximate surface area is 101 Å². The van der Waals surface area contributed by atoms with E-state index in [1.165, 1.54) is 0 Å². The molecular weight excluding hydrogens is 234 g/mol. The molecule has 0 aliphatic carbocycles. The highest BCUT2D eigenvalue weighted by molar-refractivity contribution is 7.96. The summed E-state index contributed by atoms with van der Waals surface area (Å²) in [5.74, 6) is 0. The average Bonchev–Trinajstić information content (AvgIpc) is 2.63. The number of sulfone groups is 1. The summed E-state index contributed by atoms with van der Waals surface area (Å²) in [5, 5.41) is 3.30. The van der Waals surface area contributed by atoms with Crippen LogP contribution < -0.4 is 5.32 Å². The molecule has 0 amide bonds. The Hall–Kier alpha value is -1.13. The first-order valence-corrected chi connectivity index (χ1v) is 7.47. The minimum absolute atomic E-state index is 0.00106. The Morgan fingerprint density at radius 2 is 2.00 bits per heavy atom. The van der Waals surface area contributed by atoms with Gasteiger partial charge >= 0.3 is 0 Å². The first-order chi connectivity index (χ1) is 8.19. The number of nitrogens with one attached hydrogen (secondary N) is 1. The van der Waals surface area contributed by atoms with Crippen LogP contribution in [0.3, 0.4) is 0 Å². The molecular formula is C13H15NO2S. The van der Waals surface area contributed by atoms with E-state index < -0.39 is 9.84 Å². The van der Waals surface area contributed by atoms with E-state index in [0.29, 0.717) is 9.80 Å². The van der Waals surface area contributed by atoms with Crippen molar-refractivity contribution < 1.29 is 8.42 Å². The van der Waals surface area contributed by atoms with Gasteiger partial charge in [0.05, 0.1) is 9.80 Å². The van der Waals surface area contributed by atoms with Crippen LogP contribution in [0.25, 0.3) is 6.08 Å². The van der Waals surface area contributed by atoms with Crippen molar-refractivity contribution in [2.24, 2.45) is 0 Å². The van der Waals surface area contributed by atoms with Gasteiger partial charge in [-0.25, -0.2) is 8.42 Å². The van der Waals surface area contributed by atoms with Gasteiger partial charge in [0.25, 0.3) is 0 Å². The van der Waals surface area contributed by atoms with E-state index >= 15 is 0 Å². The largest absolute Gasteiger partial charge is 0.309 e. The standard InChI is InChI=1S/C13H15NO2S/c15-17(16)12-7-2-1-5-10(12)9-13(17)11-6-3-4-8-14-11/h1-2,5,7,9,11,14H,3-4,6,8H2. The molecule has 1 aromatic carbocycles. The van der Waals surface area contributed by atoms with E-state index in [2.05, 4.69) is 5.32 Å². The van der Waals surface area contributed by atoms with Crippen molar-refractivity contribution in [3.8, 4) is 0 Å². The van der Waals surface area contributed by atoms with Crippen molar-refractivity contribution in [1.82, 2.24) is 5.32 Å². The number of piperidine rings is 1. The van der Waals surface area contributed by atoms with Gasteiger partial charge < -0.3 is 5.32 Å². The molecule has 1 unspecified atom stereocenters. The summed E-state index contributed by atoms with van der Waals surface area (Å²) in [4.78, 5) is 1.01. The van der Waals surface area contributed by atoms with Gasteiger partial charge in [-0.3, -0.25) is 0 Å². The van der Waals surface area contributed by atoms with Gasteiger partial charge in [-0.15, -0.1) is 0 Å². The second-order valence-corrected chi connectivity index (χ2v) is 6.51. The van der Waals surface area contributed by atoms with Crippen LogP contribution in [-0.2, 0) is 9.84 Å². The van der Waals surface area contributed by atoms with E-state index in [0.717, 1.165) is 31.4 Å². The fourth-order valence-electron chi connectivity index (χ4n) is 2.58. The molecule has 0 saturated carbocycles. The molecule has 0 spiro atoms. The van der Waals surface area contributed by atoms with E-state index in [4.69, 9.17) is 0 Å². The second kappa shape index (κ2) is 3.96. The van der Waals surface area contributed by atoms with E-state index in [1.807, 2.05) is 18.2 Å². The fourth-order valence-corrected chi connectivity index (χ4v) is 4.39. The zero-order chi connectivity index (χ0) is 11.9. The molecule has 1 saturated heterocycles. The highest BCUT2D eigenvalue weighted by atomic mass is 32.2. The number of hydrogen-bond donors (Lipinski definition) is 1. The van der Waals surface area contributed by atoms with Crippen LogP contribution in [0.2, 0.25) is 0 Å². The van der Waals surface area contributed by atoms with E-state index in [-0.39, 0.29) is 6.04 Å². The van der Waals surface area contributed by atoms with Crippen molar-refractivity contribution in [2.45, 2.75) is 30.2 Å². The molecule has 2 aliphatic heterocycles. The Balaban J connectivity index is 2.04. The summed E-state index contributed by atoms with van der Waals surface area (Å²) < 4.78 is 24.8. The number of hydrogen-bond acceptors (Lipinski definition) is 3. The van der Waals surface area contributed by atoms with Crippen LogP contribution in [0.1, 0.15) is 24.8 Å². The third-order valence-electron chi connectivity index (χ3n) is 3.47. The fraction of sp³-hybridized carbons (Fsp3) is 0.385. The topological polar surface area (TPSA) is 46.2 Å². The summed E-state index contributed by atoms with van der Waals surface area (Å²) in [6, 6.07) is 7.21. The lowest BCUT2D eigenvalue weighted by molar-refractivity contribution is 0.448. The highest BCUT2D eigenvalue weighted by Crippen LogP contribution is 2.35. The highest BCUT2D eigenvalue weighted by Gasteiger charge is 2.34. The molecule has 1 aromatic rings. The lowest BCUT2D eigenvalue weighted by atomic mass is 10.0. The van der Waals surface area contributed by atoms with Gasteiger partial charge in [-0.1, -0.05) is 24.6 Å². The maximum absolute atomic E-state index is 12.4.